The number of aromatic nitrogens is 1. The highest BCUT2D eigenvalue weighted by Gasteiger charge is 1.85. The maximum atomic E-state index is 10.8. The SMILES string of the molecule is [N-]=[N+]=NCC#Cc1cc(=O)cc[nH]1. The summed E-state index contributed by atoms with van der Waals surface area (Å²) in [4.78, 5) is 16.1. The van der Waals surface area contributed by atoms with E-state index in [1.54, 1.807) is 0 Å². The molecule has 0 saturated heterocycles. The van der Waals surface area contributed by atoms with Gasteiger partial charge in [0.2, 0.25) is 0 Å². The van der Waals surface area contributed by atoms with Gasteiger partial charge in [-0.1, -0.05) is 11.0 Å². The number of nitrogens with one attached hydrogen (secondary N) is 1. The molecule has 0 fully saturated rings. The molecule has 1 aromatic rings. The van der Waals surface area contributed by atoms with Crippen LogP contribution in [0.3, 0.4) is 0 Å². The van der Waals surface area contributed by atoms with E-state index in [1.165, 1.54) is 18.3 Å². The molecule has 0 aromatic carbocycles. The monoisotopic (exact) mass is 174 g/mol. The minimum Gasteiger partial charge on any atom is -0.355 e. The van der Waals surface area contributed by atoms with Crippen LogP contribution < -0.4 is 5.43 Å². The van der Waals surface area contributed by atoms with Crippen molar-refractivity contribution in [3.8, 4) is 11.8 Å². The van der Waals surface area contributed by atoms with Gasteiger partial charge in [-0.25, -0.2) is 0 Å². The Balaban J connectivity index is 2.77. The summed E-state index contributed by atoms with van der Waals surface area (Å²) in [6.45, 7) is 0.105. The van der Waals surface area contributed by atoms with Crippen LogP contribution in [-0.2, 0) is 0 Å². The lowest BCUT2D eigenvalue weighted by atomic mass is 10.3. The van der Waals surface area contributed by atoms with Crippen molar-refractivity contribution in [2.24, 2.45) is 5.11 Å². The zero-order chi connectivity index (χ0) is 9.52. The molecule has 5 heteroatoms. The van der Waals surface area contributed by atoms with E-state index in [9.17, 15) is 4.79 Å². The summed E-state index contributed by atoms with van der Waals surface area (Å²) in [6.07, 6.45) is 1.51. The lowest BCUT2D eigenvalue weighted by Crippen LogP contribution is -1.98. The Kier molecular flexibility index (Phi) is 3.19. The minimum atomic E-state index is -0.105. The standard InChI is InChI=1S/C8H6N4O/c9-12-11-4-1-2-7-6-8(13)3-5-10-7/h3,5-6H,4H2,(H,10,13). The fourth-order valence-corrected chi connectivity index (χ4v) is 0.720. The molecule has 1 N–H and O–H groups in total. The van der Waals surface area contributed by atoms with Crippen LogP contribution in [-0.4, -0.2) is 11.5 Å². The Bertz CT molecular complexity index is 445. The average Bonchev–Trinajstić information content (AvgIpc) is 2.13. The highest BCUT2D eigenvalue weighted by molar-refractivity contribution is 5.26. The third-order valence-corrected chi connectivity index (χ3v) is 1.21. The molecular weight excluding hydrogens is 168 g/mol. The Morgan fingerprint density at radius 1 is 1.69 bits per heavy atom. The Morgan fingerprint density at radius 2 is 2.54 bits per heavy atom. The Hall–Kier alpha value is -2.18. The molecule has 0 bridgehead atoms. The van der Waals surface area contributed by atoms with Gasteiger partial charge in [0.1, 0.15) is 0 Å². The molecule has 0 aliphatic rings. The van der Waals surface area contributed by atoms with E-state index in [2.05, 4.69) is 26.9 Å². The van der Waals surface area contributed by atoms with Crippen LogP contribution in [0.1, 0.15) is 5.69 Å². The van der Waals surface area contributed by atoms with E-state index < -0.39 is 0 Å². The third-order valence-electron chi connectivity index (χ3n) is 1.21. The van der Waals surface area contributed by atoms with Crippen molar-refractivity contribution < 1.29 is 0 Å². The lowest BCUT2D eigenvalue weighted by molar-refractivity contribution is 1.24. The fourth-order valence-electron chi connectivity index (χ4n) is 0.720. The molecule has 5 nitrogen and oxygen atoms in total. The fraction of sp³-hybridized carbons (Fsp3) is 0.125. The number of rotatable bonds is 1. The second-order valence-corrected chi connectivity index (χ2v) is 2.13. The maximum absolute atomic E-state index is 10.8. The van der Waals surface area contributed by atoms with E-state index in [-0.39, 0.29) is 12.0 Å². The van der Waals surface area contributed by atoms with Gasteiger partial charge in [-0.3, -0.25) is 4.79 Å². The molecule has 0 amide bonds. The molecule has 1 heterocycles. The number of aromatic amines is 1. The number of nitrogens with zero attached hydrogens (tertiary/aromatic N) is 3. The molecule has 1 aromatic heterocycles. The van der Waals surface area contributed by atoms with Gasteiger partial charge < -0.3 is 4.98 Å². The van der Waals surface area contributed by atoms with Crippen molar-refractivity contribution in [2.45, 2.75) is 0 Å². The topological polar surface area (TPSA) is 81.6 Å². The van der Waals surface area contributed by atoms with E-state index in [1.807, 2.05) is 0 Å². The second kappa shape index (κ2) is 4.65. The van der Waals surface area contributed by atoms with Gasteiger partial charge >= 0.3 is 0 Å². The summed E-state index contributed by atoms with van der Waals surface area (Å²) in [5.74, 6) is 5.24. The molecule has 0 unspecified atom stereocenters. The van der Waals surface area contributed by atoms with Crippen molar-refractivity contribution in [1.29, 1.82) is 0 Å². The Labute approximate surface area is 74.0 Å². The molecule has 0 radical (unpaired) electrons. The van der Waals surface area contributed by atoms with Crippen LogP contribution in [0.5, 0.6) is 0 Å². The zero-order valence-electron chi connectivity index (χ0n) is 6.69. The van der Waals surface area contributed by atoms with Crippen LogP contribution in [0.4, 0.5) is 0 Å². The number of hydrogen-bond acceptors (Lipinski definition) is 2. The molecule has 0 spiro atoms. The van der Waals surface area contributed by atoms with Crippen LogP contribution in [0.15, 0.2) is 28.2 Å². The molecular formula is C8H6N4O. The van der Waals surface area contributed by atoms with E-state index in [4.69, 9.17) is 5.53 Å². The number of H-pyrrole nitrogens is 1. The largest absolute Gasteiger partial charge is 0.355 e. The number of hydrogen-bond donors (Lipinski definition) is 1. The molecule has 0 aliphatic heterocycles. The molecule has 0 atom stereocenters. The smallest absolute Gasteiger partial charge is 0.182 e. The first-order valence-corrected chi connectivity index (χ1v) is 3.51. The van der Waals surface area contributed by atoms with Crippen molar-refractivity contribution in [3.63, 3.8) is 0 Å². The average molecular weight is 174 g/mol. The first-order chi connectivity index (χ1) is 6.33. The normalized spacial score (nSPS) is 8.00. The third kappa shape index (κ3) is 3.14. The highest BCUT2D eigenvalue weighted by atomic mass is 16.1. The lowest BCUT2D eigenvalue weighted by Gasteiger charge is -1.86. The zero-order valence-corrected chi connectivity index (χ0v) is 6.69. The van der Waals surface area contributed by atoms with Crippen LogP contribution in [0.2, 0.25) is 0 Å². The summed E-state index contributed by atoms with van der Waals surface area (Å²) < 4.78 is 0. The maximum Gasteiger partial charge on any atom is 0.182 e. The van der Waals surface area contributed by atoms with Crippen LogP contribution >= 0.6 is 0 Å². The van der Waals surface area contributed by atoms with Crippen LogP contribution in [0, 0.1) is 11.8 Å². The van der Waals surface area contributed by atoms with Gasteiger partial charge in [0, 0.05) is 23.2 Å². The summed E-state index contributed by atoms with van der Waals surface area (Å²) >= 11 is 0. The summed E-state index contributed by atoms with van der Waals surface area (Å²) in [6, 6.07) is 2.78. The predicted octanol–water partition coefficient (Wildman–Crippen LogP) is 1.04. The van der Waals surface area contributed by atoms with Gasteiger partial charge in [0.25, 0.3) is 0 Å². The van der Waals surface area contributed by atoms with Crippen molar-refractivity contribution in [1.82, 2.24) is 4.98 Å². The number of pyridine rings is 1. The van der Waals surface area contributed by atoms with E-state index >= 15 is 0 Å². The molecule has 13 heavy (non-hydrogen) atoms. The van der Waals surface area contributed by atoms with Gasteiger partial charge in [-0.15, -0.1) is 0 Å². The first kappa shape index (κ1) is 8.91. The summed E-state index contributed by atoms with van der Waals surface area (Å²) in [5.41, 5.74) is 8.35. The van der Waals surface area contributed by atoms with Crippen molar-refractivity contribution >= 4 is 0 Å². The molecule has 0 aliphatic carbocycles. The summed E-state index contributed by atoms with van der Waals surface area (Å²) in [5, 5.41) is 3.22. The van der Waals surface area contributed by atoms with E-state index in [0.717, 1.165) is 0 Å². The van der Waals surface area contributed by atoms with Gasteiger partial charge in [-0.05, 0) is 11.5 Å². The summed E-state index contributed by atoms with van der Waals surface area (Å²) in [7, 11) is 0. The van der Waals surface area contributed by atoms with Gasteiger partial charge in [-0.2, -0.15) is 0 Å². The van der Waals surface area contributed by atoms with Crippen molar-refractivity contribution in [2.75, 3.05) is 6.54 Å². The molecule has 0 saturated carbocycles. The molecule has 64 valence electrons. The first-order valence-electron chi connectivity index (χ1n) is 3.51. The molecule has 1 rings (SSSR count). The second-order valence-electron chi connectivity index (χ2n) is 2.13. The predicted molar refractivity (Wildman–Crippen MR) is 48.0 cm³/mol. The minimum absolute atomic E-state index is 0.105. The van der Waals surface area contributed by atoms with Crippen LogP contribution in [0.25, 0.3) is 10.4 Å². The van der Waals surface area contributed by atoms with E-state index in [0.29, 0.717) is 5.69 Å². The number of azide groups is 1. The van der Waals surface area contributed by atoms with Gasteiger partial charge in [0.05, 0.1) is 12.2 Å². The van der Waals surface area contributed by atoms with Crippen molar-refractivity contribution in [3.05, 3.63) is 44.7 Å². The Morgan fingerprint density at radius 3 is 3.23 bits per heavy atom. The van der Waals surface area contributed by atoms with Gasteiger partial charge in [0.15, 0.2) is 5.43 Å². The quantitative estimate of drug-likeness (QED) is 0.293. The highest BCUT2D eigenvalue weighted by Crippen LogP contribution is 1.83.